The lowest BCUT2D eigenvalue weighted by Gasteiger charge is -2.17. The van der Waals surface area contributed by atoms with E-state index in [2.05, 4.69) is 15.6 Å². The van der Waals surface area contributed by atoms with Crippen molar-refractivity contribution in [3.8, 4) is 0 Å². The Labute approximate surface area is 112 Å². The number of urea groups is 1. The molecule has 1 atom stereocenters. The smallest absolute Gasteiger partial charge is 0.319 e. The Morgan fingerprint density at radius 3 is 2.53 bits per heavy atom. The van der Waals surface area contributed by atoms with Gasteiger partial charge in [0.05, 0.1) is 6.04 Å². The van der Waals surface area contributed by atoms with E-state index in [4.69, 9.17) is 0 Å². The van der Waals surface area contributed by atoms with E-state index in [1.165, 1.54) is 5.56 Å². The molecule has 0 aliphatic heterocycles. The average Bonchev–Trinajstić information content (AvgIpc) is 2.40. The van der Waals surface area contributed by atoms with Gasteiger partial charge in [0.15, 0.2) is 0 Å². The maximum atomic E-state index is 11.9. The van der Waals surface area contributed by atoms with Crippen LogP contribution in [0, 0.1) is 6.92 Å². The van der Waals surface area contributed by atoms with Gasteiger partial charge in [-0.25, -0.2) is 4.79 Å². The van der Waals surface area contributed by atoms with Crippen molar-refractivity contribution in [2.45, 2.75) is 19.9 Å². The topological polar surface area (TPSA) is 54.0 Å². The molecule has 1 aromatic heterocycles. The number of pyridine rings is 1. The number of carbonyl (C=O) groups excluding carboxylic acids is 1. The maximum absolute atomic E-state index is 11.9. The zero-order chi connectivity index (χ0) is 13.7. The van der Waals surface area contributed by atoms with Gasteiger partial charge in [-0.1, -0.05) is 24.3 Å². The second-order valence-corrected chi connectivity index (χ2v) is 4.41. The summed E-state index contributed by atoms with van der Waals surface area (Å²) in [7, 11) is 0. The van der Waals surface area contributed by atoms with Crippen molar-refractivity contribution in [1.29, 1.82) is 0 Å². The molecule has 2 aromatic rings. The molecular weight excluding hydrogens is 238 g/mol. The Bertz CT molecular complexity index is 554. The summed E-state index contributed by atoms with van der Waals surface area (Å²) in [4.78, 5) is 15.8. The molecule has 1 aromatic carbocycles. The fraction of sp³-hybridized carbons (Fsp3) is 0.200. The van der Waals surface area contributed by atoms with Gasteiger partial charge in [0.2, 0.25) is 0 Å². The number of hydrogen-bond donors (Lipinski definition) is 2. The van der Waals surface area contributed by atoms with Gasteiger partial charge < -0.3 is 10.6 Å². The molecule has 19 heavy (non-hydrogen) atoms. The summed E-state index contributed by atoms with van der Waals surface area (Å²) in [5.41, 5.74) is 3.01. The zero-order valence-corrected chi connectivity index (χ0v) is 11.1. The van der Waals surface area contributed by atoms with Crippen molar-refractivity contribution in [2.24, 2.45) is 0 Å². The van der Waals surface area contributed by atoms with Gasteiger partial charge >= 0.3 is 6.03 Å². The van der Waals surface area contributed by atoms with Gasteiger partial charge in [0.25, 0.3) is 0 Å². The van der Waals surface area contributed by atoms with Crippen LogP contribution in [0.3, 0.4) is 0 Å². The first-order chi connectivity index (χ1) is 9.16. The standard InChI is InChI=1S/C15H17N3O/c1-11-5-3-4-6-14(11)12(2)17-15(19)18-13-7-9-16-10-8-13/h3-10,12H,1-2H3,(H2,16,17,18,19). The predicted molar refractivity (Wildman–Crippen MR) is 76.0 cm³/mol. The van der Waals surface area contributed by atoms with E-state index in [1.807, 2.05) is 38.1 Å². The molecule has 1 heterocycles. The molecule has 2 rings (SSSR count). The lowest BCUT2D eigenvalue weighted by atomic mass is 10.0. The second kappa shape index (κ2) is 6.00. The van der Waals surface area contributed by atoms with Crippen LogP contribution in [0.4, 0.5) is 10.5 Å². The Morgan fingerprint density at radius 2 is 1.84 bits per heavy atom. The highest BCUT2D eigenvalue weighted by molar-refractivity contribution is 5.89. The van der Waals surface area contributed by atoms with Crippen molar-refractivity contribution in [3.05, 3.63) is 59.9 Å². The Balaban J connectivity index is 1.98. The van der Waals surface area contributed by atoms with Crippen molar-refractivity contribution >= 4 is 11.7 Å². The van der Waals surface area contributed by atoms with Crippen molar-refractivity contribution in [2.75, 3.05) is 5.32 Å². The summed E-state index contributed by atoms with van der Waals surface area (Å²) in [6.07, 6.45) is 3.28. The first-order valence-electron chi connectivity index (χ1n) is 6.20. The monoisotopic (exact) mass is 255 g/mol. The van der Waals surface area contributed by atoms with E-state index >= 15 is 0 Å². The molecule has 98 valence electrons. The number of aryl methyl sites for hydroxylation is 1. The number of carbonyl (C=O) groups is 1. The van der Waals surface area contributed by atoms with Crippen LogP contribution < -0.4 is 10.6 Å². The van der Waals surface area contributed by atoms with Crippen LogP contribution in [-0.2, 0) is 0 Å². The van der Waals surface area contributed by atoms with Crippen LogP contribution in [0.2, 0.25) is 0 Å². The number of nitrogens with one attached hydrogen (secondary N) is 2. The van der Waals surface area contributed by atoms with E-state index in [-0.39, 0.29) is 12.1 Å². The highest BCUT2D eigenvalue weighted by atomic mass is 16.2. The van der Waals surface area contributed by atoms with Gasteiger partial charge in [-0.2, -0.15) is 0 Å². The minimum Gasteiger partial charge on any atom is -0.331 e. The third-order valence-corrected chi connectivity index (χ3v) is 2.94. The molecule has 0 saturated carbocycles. The summed E-state index contributed by atoms with van der Waals surface area (Å²) in [5, 5.41) is 5.69. The Hall–Kier alpha value is -2.36. The van der Waals surface area contributed by atoms with Crippen LogP contribution in [0.25, 0.3) is 0 Å². The SMILES string of the molecule is Cc1ccccc1C(C)NC(=O)Nc1ccncc1. The molecule has 0 aliphatic carbocycles. The van der Waals surface area contributed by atoms with Gasteiger partial charge in [0.1, 0.15) is 0 Å². The Morgan fingerprint density at radius 1 is 1.16 bits per heavy atom. The fourth-order valence-electron chi connectivity index (χ4n) is 1.95. The number of hydrogen-bond acceptors (Lipinski definition) is 2. The molecule has 0 aliphatic rings. The summed E-state index contributed by atoms with van der Waals surface area (Å²) < 4.78 is 0. The van der Waals surface area contributed by atoms with Gasteiger partial charge in [0, 0.05) is 18.1 Å². The first kappa shape index (κ1) is 13.1. The number of aromatic nitrogens is 1. The molecular formula is C15H17N3O. The number of anilines is 1. The number of rotatable bonds is 3. The predicted octanol–water partition coefficient (Wildman–Crippen LogP) is 3.27. The number of nitrogens with zero attached hydrogens (tertiary/aromatic N) is 1. The van der Waals surface area contributed by atoms with Crippen molar-refractivity contribution in [1.82, 2.24) is 10.3 Å². The van der Waals surface area contributed by atoms with Crippen molar-refractivity contribution < 1.29 is 4.79 Å². The lowest BCUT2D eigenvalue weighted by Crippen LogP contribution is -2.31. The molecule has 0 spiro atoms. The molecule has 0 fully saturated rings. The van der Waals surface area contributed by atoms with Crippen LogP contribution >= 0.6 is 0 Å². The van der Waals surface area contributed by atoms with E-state index in [0.29, 0.717) is 0 Å². The van der Waals surface area contributed by atoms with E-state index in [9.17, 15) is 4.79 Å². The maximum Gasteiger partial charge on any atom is 0.319 e. The Kier molecular flexibility index (Phi) is 4.13. The minimum absolute atomic E-state index is 0.0389. The molecule has 1 unspecified atom stereocenters. The summed E-state index contributed by atoms with van der Waals surface area (Å²) in [6.45, 7) is 4.00. The minimum atomic E-state index is -0.220. The summed E-state index contributed by atoms with van der Waals surface area (Å²) in [6, 6.07) is 11.3. The quantitative estimate of drug-likeness (QED) is 0.884. The van der Waals surface area contributed by atoms with E-state index < -0.39 is 0 Å². The molecule has 2 amide bonds. The fourth-order valence-corrected chi connectivity index (χ4v) is 1.95. The first-order valence-corrected chi connectivity index (χ1v) is 6.20. The van der Waals surface area contributed by atoms with Gasteiger partial charge in [-0.3, -0.25) is 4.98 Å². The number of amides is 2. The molecule has 0 bridgehead atoms. The largest absolute Gasteiger partial charge is 0.331 e. The van der Waals surface area contributed by atoms with E-state index in [0.717, 1.165) is 11.3 Å². The van der Waals surface area contributed by atoms with Crippen LogP contribution in [0.1, 0.15) is 24.1 Å². The lowest BCUT2D eigenvalue weighted by molar-refractivity contribution is 0.249. The van der Waals surface area contributed by atoms with Crippen LogP contribution in [-0.4, -0.2) is 11.0 Å². The summed E-state index contributed by atoms with van der Waals surface area (Å²) in [5.74, 6) is 0. The highest BCUT2D eigenvalue weighted by Crippen LogP contribution is 2.16. The third kappa shape index (κ3) is 3.55. The number of benzene rings is 1. The molecule has 2 N–H and O–H groups in total. The third-order valence-electron chi connectivity index (χ3n) is 2.94. The molecule has 4 heteroatoms. The van der Waals surface area contributed by atoms with Crippen LogP contribution in [0.15, 0.2) is 48.8 Å². The second-order valence-electron chi connectivity index (χ2n) is 4.41. The van der Waals surface area contributed by atoms with Gasteiger partial charge in [-0.15, -0.1) is 0 Å². The van der Waals surface area contributed by atoms with Gasteiger partial charge in [-0.05, 0) is 37.1 Å². The zero-order valence-electron chi connectivity index (χ0n) is 11.1. The van der Waals surface area contributed by atoms with Crippen molar-refractivity contribution in [3.63, 3.8) is 0 Å². The molecule has 4 nitrogen and oxygen atoms in total. The van der Waals surface area contributed by atoms with Crippen LogP contribution in [0.5, 0.6) is 0 Å². The molecule has 0 radical (unpaired) electrons. The highest BCUT2D eigenvalue weighted by Gasteiger charge is 2.10. The molecule has 0 saturated heterocycles. The normalized spacial score (nSPS) is 11.7. The average molecular weight is 255 g/mol. The summed E-state index contributed by atoms with van der Waals surface area (Å²) >= 11 is 0. The van der Waals surface area contributed by atoms with E-state index in [1.54, 1.807) is 24.5 Å².